The van der Waals surface area contributed by atoms with Crippen LogP contribution in [0.2, 0.25) is 0 Å². The molecule has 3 nitrogen and oxygen atoms in total. The van der Waals surface area contributed by atoms with Gasteiger partial charge in [0.1, 0.15) is 0 Å². The van der Waals surface area contributed by atoms with Gasteiger partial charge in [-0.3, -0.25) is 9.59 Å². The Morgan fingerprint density at radius 2 is 2.45 bits per heavy atom. The van der Waals surface area contributed by atoms with Gasteiger partial charge < -0.3 is 4.74 Å². The van der Waals surface area contributed by atoms with Crippen molar-refractivity contribution in [1.82, 2.24) is 0 Å². The van der Waals surface area contributed by atoms with E-state index in [-0.39, 0.29) is 16.3 Å². The van der Waals surface area contributed by atoms with E-state index >= 15 is 0 Å². The highest BCUT2D eigenvalue weighted by Crippen LogP contribution is 2.22. The summed E-state index contributed by atoms with van der Waals surface area (Å²) < 4.78 is 4.73. The number of carbonyl (C=O) groups is 2. The van der Waals surface area contributed by atoms with E-state index in [1.807, 2.05) is 0 Å². The van der Waals surface area contributed by atoms with Crippen molar-refractivity contribution in [2.45, 2.75) is 25.0 Å². The fourth-order valence-corrected chi connectivity index (χ4v) is 1.89. The third-order valence-electron chi connectivity index (χ3n) is 1.43. The lowest BCUT2D eigenvalue weighted by Gasteiger charge is -2.18. The van der Waals surface area contributed by atoms with Crippen LogP contribution in [-0.2, 0) is 14.3 Å². The predicted molar refractivity (Wildman–Crippen MR) is 42.3 cm³/mol. The quantitative estimate of drug-likeness (QED) is 0.556. The van der Waals surface area contributed by atoms with Gasteiger partial charge in [0.2, 0.25) is 0 Å². The molecule has 0 aromatic rings. The maximum absolute atomic E-state index is 10.7. The zero-order valence-corrected chi connectivity index (χ0v) is 7.15. The molecule has 0 N–H and O–H groups in total. The second kappa shape index (κ2) is 3.76. The van der Waals surface area contributed by atoms with Crippen molar-refractivity contribution in [2.75, 3.05) is 6.61 Å². The number of carbonyl (C=O) groups excluding carboxylic acids is 2. The fraction of sp³-hybridized carbons (Fsp3) is 0.714. The van der Waals surface area contributed by atoms with E-state index in [1.165, 1.54) is 18.7 Å². The van der Waals surface area contributed by atoms with Crippen LogP contribution in [0, 0.1) is 0 Å². The molecule has 62 valence electrons. The SMILES string of the molecule is CC(=O)SC1CCOC(=O)C1. The van der Waals surface area contributed by atoms with Crippen molar-refractivity contribution in [3.63, 3.8) is 0 Å². The maximum Gasteiger partial charge on any atom is 0.306 e. The third-order valence-corrected chi connectivity index (χ3v) is 2.50. The summed E-state index contributed by atoms with van der Waals surface area (Å²) in [6.07, 6.45) is 1.18. The summed E-state index contributed by atoms with van der Waals surface area (Å²) >= 11 is 1.24. The number of rotatable bonds is 1. The van der Waals surface area contributed by atoms with Crippen LogP contribution >= 0.6 is 11.8 Å². The van der Waals surface area contributed by atoms with E-state index in [9.17, 15) is 9.59 Å². The molecule has 0 bridgehead atoms. The van der Waals surface area contributed by atoms with Crippen LogP contribution in [0.1, 0.15) is 19.8 Å². The lowest BCUT2D eigenvalue weighted by molar-refractivity contribution is -0.146. The van der Waals surface area contributed by atoms with E-state index in [2.05, 4.69) is 0 Å². The summed E-state index contributed by atoms with van der Waals surface area (Å²) in [4.78, 5) is 21.3. The molecule has 1 aliphatic heterocycles. The molecular weight excluding hydrogens is 164 g/mol. The van der Waals surface area contributed by atoms with Gasteiger partial charge in [-0.15, -0.1) is 0 Å². The minimum atomic E-state index is -0.185. The molecule has 0 aromatic carbocycles. The smallest absolute Gasteiger partial charge is 0.306 e. The van der Waals surface area contributed by atoms with Crippen molar-refractivity contribution in [3.05, 3.63) is 0 Å². The Labute approximate surface area is 69.5 Å². The molecule has 1 heterocycles. The van der Waals surface area contributed by atoms with Crippen LogP contribution in [0.4, 0.5) is 0 Å². The van der Waals surface area contributed by atoms with Crippen LogP contribution in [0.3, 0.4) is 0 Å². The normalized spacial score (nSPS) is 24.5. The Morgan fingerprint density at radius 3 is 3.00 bits per heavy atom. The number of hydrogen-bond donors (Lipinski definition) is 0. The van der Waals surface area contributed by atoms with Gasteiger partial charge in [-0.05, 0) is 6.42 Å². The van der Waals surface area contributed by atoms with Crippen molar-refractivity contribution >= 4 is 22.8 Å². The molecule has 0 spiro atoms. The zero-order chi connectivity index (χ0) is 8.27. The largest absolute Gasteiger partial charge is 0.466 e. The van der Waals surface area contributed by atoms with E-state index in [0.717, 1.165) is 6.42 Å². The van der Waals surface area contributed by atoms with E-state index in [0.29, 0.717) is 13.0 Å². The molecule has 1 rings (SSSR count). The van der Waals surface area contributed by atoms with E-state index in [1.54, 1.807) is 0 Å². The molecule has 1 unspecified atom stereocenters. The van der Waals surface area contributed by atoms with Gasteiger partial charge >= 0.3 is 5.97 Å². The number of cyclic esters (lactones) is 1. The highest BCUT2D eigenvalue weighted by atomic mass is 32.2. The highest BCUT2D eigenvalue weighted by molar-refractivity contribution is 8.14. The van der Waals surface area contributed by atoms with Gasteiger partial charge in [-0.2, -0.15) is 0 Å². The van der Waals surface area contributed by atoms with E-state index < -0.39 is 0 Å². The molecule has 11 heavy (non-hydrogen) atoms. The molecule has 1 fully saturated rings. The first kappa shape index (κ1) is 8.59. The first-order valence-corrected chi connectivity index (χ1v) is 4.39. The van der Waals surface area contributed by atoms with Crippen LogP contribution in [0.25, 0.3) is 0 Å². The summed E-state index contributed by atoms with van der Waals surface area (Å²) in [6, 6.07) is 0. The molecule has 0 aliphatic carbocycles. The van der Waals surface area contributed by atoms with Crippen LogP contribution in [0.5, 0.6) is 0 Å². The van der Waals surface area contributed by atoms with Crippen LogP contribution in [-0.4, -0.2) is 22.9 Å². The molecule has 1 aliphatic rings. The number of thioether (sulfide) groups is 1. The molecule has 0 saturated carbocycles. The second-order valence-corrected chi connectivity index (χ2v) is 3.92. The first-order chi connectivity index (χ1) is 5.18. The Hall–Kier alpha value is -0.510. The molecular formula is C7H10O3S. The average molecular weight is 174 g/mol. The van der Waals surface area contributed by atoms with Gasteiger partial charge in [0.15, 0.2) is 5.12 Å². The standard InChI is InChI=1S/C7H10O3S/c1-5(8)11-6-2-3-10-7(9)4-6/h6H,2-4H2,1H3. The highest BCUT2D eigenvalue weighted by Gasteiger charge is 2.22. The van der Waals surface area contributed by atoms with Crippen LogP contribution in [0.15, 0.2) is 0 Å². The topological polar surface area (TPSA) is 43.4 Å². The second-order valence-electron chi connectivity index (χ2n) is 2.44. The number of hydrogen-bond acceptors (Lipinski definition) is 4. The van der Waals surface area contributed by atoms with Crippen molar-refractivity contribution < 1.29 is 14.3 Å². The molecule has 1 atom stereocenters. The molecule has 0 radical (unpaired) electrons. The number of esters is 1. The van der Waals surface area contributed by atoms with E-state index in [4.69, 9.17) is 4.74 Å². The summed E-state index contributed by atoms with van der Waals surface area (Å²) in [5.74, 6) is -0.185. The van der Waals surface area contributed by atoms with Gasteiger partial charge in [-0.25, -0.2) is 0 Å². The predicted octanol–water partition coefficient (Wildman–Crippen LogP) is 0.972. The fourth-order valence-electron chi connectivity index (χ4n) is 0.986. The lowest BCUT2D eigenvalue weighted by Crippen LogP contribution is -2.23. The van der Waals surface area contributed by atoms with Crippen LogP contribution < -0.4 is 0 Å². The Morgan fingerprint density at radius 1 is 1.73 bits per heavy atom. The molecule has 0 amide bonds. The van der Waals surface area contributed by atoms with Gasteiger partial charge in [0, 0.05) is 12.2 Å². The Bertz CT molecular complexity index is 177. The molecule has 4 heteroatoms. The average Bonchev–Trinajstić information content (AvgIpc) is 1.85. The summed E-state index contributed by atoms with van der Waals surface area (Å²) in [5, 5.41) is 0.221. The maximum atomic E-state index is 10.7. The van der Waals surface area contributed by atoms with Crippen molar-refractivity contribution in [2.24, 2.45) is 0 Å². The Kier molecular flexibility index (Phi) is 2.93. The van der Waals surface area contributed by atoms with Crippen molar-refractivity contribution in [1.29, 1.82) is 0 Å². The molecule has 0 aromatic heterocycles. The van der Waals surface area contributed by atoms with Crippen molar-refractivity contribution in [3.8, 4) is 0 Å². The lowest BCUT2D eigenvalue weighted by atomic mass is 10.2. The zero-order valence-electron chi connectivity index (χ0n) is 6.33. The first-order valence-electron chi connectivity index (χ1n) is 3.51. The van der Waals surface area contributed by atoms with Gasteiger partial charge in [0.05, 0.1) is 13.0 Å². The Balaban J connectivity index is 2.34. The summed E-state index contributed by atoms with van der Waals surface area (Å²) in [6.45, 7) is 1.98. The monoisotopic (exact) mass is 174 g/mol. The molecule has 1 saturated heterocycles. The minimum absolute atomic E-state index is 0.0738. The number of ether oxygens (including phenoxy) is 1. The summed E-state index contributed by atoms with van der Waals surface area (Å²) in [5.41, 5.74) is 0. The minimum Gasteiger partial charge on any atom is -0.466 e. The van der Waals surface area contributed by atoms with Gasteiger partial charge in [-0.1, -0.05) is 11.8 Å². The summed E-state index contributed by atoms with van der Waals surface area (Å²) in [7, 11) is 0. The third kappa shape index (κ3) is 2.93. The van der Waals surface area contributed by atoms with Gasteiger partial charge in [0.25, 0.3) is 0 Å².